The van der Waals surface area contributed by atoms with Gasteiger partial charge >= 0.3 is 0 Å². The van der Waals surface area contributed by atoms with E-state index in [1.807, 2.05) is 31.2 Å². The minimum atomic E-state index is -3.46. The van der Waals surface area contributed by atoms with Crippen molar-refractivity contribution in [3.05, 3.63) is 64.7 Å². The highest BCUT2D eigenvalue weighted by atomic mass is 35.5. The number of hydrogen-bond acceptors (Lipinski definition) is 2. The summed E-state index contributed by atoms with van der Waals surface area (Å²) in [5.74, 6) is 0. The molecule has 1 aliphatic rings. The minimum absolute atomic E-state index is 0.0810. The Morgan fingerprint density at radius 2 is 1.64 bits per heavy atom. The number of nitrogens with one attached hydrogen (secondary N) is 1. The Morgan fingerprint density at radius 3 is 2.18 bits per heavy atom. The fourth-order valence-electron chi connectivity index (χ4n) is 2.56. The fourth-order valence-corrected chi connectivity index (χ4v) is 3.81. The first-order valence-corrected chi connectivity index (χ1v) is 9.10. The molecule has 5 heteroatoms. The van der Waals surface area contributed by atoms with Crippen LogP contribution in [0.2, 0.25) is 5.02 Å². The highest BCUT2D eigenvalue weighted by molar-refractivity contribution is 7.89. The average molecular weight is 336 g/mol. The van der Waals surface area contributed by atoms with Gasteiger partial charge in [0.2, 0.25) is 10.0 Å². The van der Waals surface area contributed by atoms with E-state index >= 15 is 0 Å². The lowest BCUT2D eigenvalue weighted by atomic mass is 9.96. The molecule has 0 saturated heterocycles. The van der Waals surface area contributed by atoms with Crippen molar-refractivity contribution in [2.24, 2.45) is 0 Å². The van der Waals surface area contributed by atoms with Crippen molar-refractivity contribution in [1.29, 1.82) is 0 Å². The maximum Gasteiger partial charge on any atom is 0.240 e. The Balaban J connectivity index is 1.74. The van der Waals surface area contributed by atoms with Crippen LogP contribution in [0.5, 0.6) is 0 Å². The van der Waals surface area contributed by atoms with Crippen molar-refractivity contribution in [1.82, 2.24) is 4.72 Å². The molecule has 0 aliphatic heterocycles. The van der Waals surface area contributed by atoms with Gasteiger partial charge in [-0.15, -0.1) is 0 Å². The first kappa shape index (κ1) is 15.5. The number of aryl methyl sites for hydroxylation is 1. The van der Waals surface area contributed by atoms with Gasteiger partial charge in [-0.25, -0.2) is 13.1 Å². The topological polar surface area (TPSA) is 46.2 Å². The van der Waals surface area contributed by atoms with Crippen molar-refractivity contribution in [2.75, 3.05) is 6.54 Å². The van der Waals surface area contributed by atoms with Crippen LogP contribution in [0.25, 0.3) is 0 Å². The number of halogens is 1. The van der Waals surface area contributed by atoms with Gasteiger partial charge in [0.25, 0.3) is 0 Å². The number of sulfonamides is 1. The van der Waals surface area contributed by atoms with Gasteiger partial charge in [-0.05, 0) is 49.6 Å². The van der Waals surface area contributed by atoms with E-state index in [9.17, 15) is 8.42 Å². The number of rotatable bonds is 5. The van der Waals surface area contributed by atoms with Crippen LogP contribution in [0.3, 0.4) is 0 Å². The third kappa shape index (κ3) is 3.19. The Bertz CT molecular complexity index is 763. The van der Waals surface area contributed by atoms with E-state index < -0.39 is 10.0 Å². The van der Waals surface area contributed by atoms with Gasteiger partial charge in [-0.2, -0.15) is 0 Å². The van der Waals surface area contributed by atoms with Crippen LogP contribution in [0.4, 0.5) is 0 Å². The minimum Gasteiger partial charge on any atom is -0.210 e. The number of benzene rings is 2. The quantitative estimate of drug-likeness (QED) is 0.906. The standard InChI is InChI=1S/C17H18ClNO2S/c1-13-2-8-16(9-3-13)22(20,21)19-12-17(10-11-17)14-4-6-15(18)7-5-14/h2-9,19H,10-12H2,1H3. The molecule has 2 aromatic rings. The van der Waals surface area contributed by atoms with E-state index in [2.05, 4.69) is 4.72 Å². The van der Waals surface area contributed by atoms with E-state index in [1.165, 1.54) is 0 Å². The van der Waals surface area contributed by atoms with Crippen LogP contribution in [-0.2, 0) is 15.4 Å². The number of hydrogen-bond donors (Lipinski definition) is 1. The summed E-state index contributed by atoms with van der Waals surface area (Å²) in [5, 5.41) is 0.694. The van der Waals surface area contributed by atoms with Gasteiger partial charge in [0.15, 0.2) is 0 Å². The predicted octanol–water partition coefficient (Wildman–Crippen LogP) is 3.66. The van der Waals surface area contributed by atoms with Crippen LogP contribution in [0.1, 0.15) is 24.0 Å². The summed E-state index contributed by atoms with van der Waals surface area (Å²) >= 11 is 5.91. The molecular formula is C17H18ClNO2S. The van der Waals surface area contributed by atoms with Crippen molar-refractivity contribution in [2.45, 2.75) is 30.1 Å². The van der Waals surface area contributed by atoms with E-state index in [1.54, 1.807) is 24.3 Å². The van der Waals surface area contributed by atoms with E-state index in [-0.39, 0.29) is 5.41 Å². The summed E-state index contributed by atoms with van der Waals surface area (Å²) < 4.78 is 27.5. The molecule has 22 heavy (non-hydrogen) atoms. The molecule has 0 radical (unpaired) electrons. The van der Waals surface area contributed by atoms with Crippen LogP contribution in [-0.4, -0.2) is 15.0 Å². The second-order valence-electron chi connectivity index (χ2n) is 5.92. The summed E-state index contributed by atoms with van der Waals surface area (Å²) in [5.41, 5.74) is 2.10. The fraction of sp³-hybridized carbons (Fsp3) is 0.294. The molecule has 2 aromatic carbocycles. The summed E-state index contributed by atoms with van der Waals surface area (Å²) in [4.78, 5) is 0.310. The Hall–Kier alpha value is -1.36. The molecule has 3 rings (SSSR count). The molecule has 0 heterocycles. The monoisotopic (exact) mass is 335 g/mol. The molecule has 116 valence electrons. The van der Waals surface area contributed by atoms with Crippen LogP contribution in [0, 0.1) is 6.92 Å². The van der Waals surface area contributed by atoms with E-state index in [4.69, 9.17) is 11.6 Å². The average Bonchev–Trinajstić information content (AvgIpc) is 3.28. The van der Waals surface area contributed by atoms with Crippen molar-refractivity contribution in [3.63, 3.8) is 0 Å². The van der Waals surface area contributed by atoms with Gasteiger partial charge < -0.3 is 0 Å². The zero-order valence-electron chi connectivity index (χ0n) is 12.3. The molecule has 0 spiro atoms. The maximum atomic E-state index is 12.4. The first-order valence-electron chi connectivity index (χ1n) is 7.24. The molecule has 0 bridgehead atoms. The molecule has 1 aliphatic carbocycles. The highest BCUT2D eigenvalue weighted by Gasteiger charge is 2.44. The summed E-state index contributed by atoms with van der Waals surface area (Å²) in [6.07, 6.45) is 1.98. The third-order valence-corrected chi connectivity index (χ3v) is 5.91. The lowest BCUT2D eigenvalue weighted by molar-refractivity contribution is 0.567. The molecule has 0 aromatic heterocycles. The second kappa shape index (κ2) is 5.69. The lowest BCUT2D eigenvalue weighted by Gasteiger charge is -2.17. The van der Waals surface area contributed by atoms with Crippen LogP contribution < -0.4 is 4.72 Å². The molecule has 0 unspecified atom stereocenters. The molecule has 3 nitrogen and oxygen atoms in total. The van der Waals surface area contributed by atoms with Crippen molar-refractivity contribution < 1.29 is 8.42 Å². The molecular weight excluding hydrogens is 318 g/mol. The molecule has 0 atom stereocenters. The first-order chi connectivity index (χ1) is 10.4. The van der Waals surface area contributed by atoms with Gasteiger partial charge in [0, 0.05) is 17.0 Å². The Labute approximate surface area is 136 Å². The molecule has 0 amide bonds. The van der Waals surface area contributed by atoms with E-state index in [0.717, 1.165) is 24.0 Å². The molecule has 1 fully saturated rings. The van der Waals surface area contributed by atoms with Crippen LogP contribution in [0.15, 0.2) is 53.4 Å². The summed E-state index contributed by atoms with van der Waals surface area (Å²) in [6.45, 7) is 2.36. The second-order valence-corrected chi connectivity index (χ2v) is 8.13. The largest absolute Gasteiger partial charge is 0.240 e. The predicted molar refractivity (Wildman–Crippen MR) is 88.7 cm³/mol. The van der Waals surface area contributed by atoms with Gasteiger partial charge in [-0.1, -0.05) is 41.4 Å². The summed E-state index contributed by atoms with van der Waals surface area (Å²) in [7, 11) is -3.46. The zero-order valence-corrected chi connectivity index (χ0v) is 13.9. The van der Waals surface area contributed by atoms with Crippen molar-refractivity contribution >= 4 is 21.6 Å². The van der Waals surface area contributed by atoms with E-state index in [0.29, 0.717) is 16.5 Å². The zero-order chi connectivity index (χ0) is 15.8. The van der Waals surface area contributed by atoms with Crippen molar-refractivity contribution in [3.8, 4) is 0 Å². The SMILES string of the molecule is Cc1ccc(S(=O)(=O)NCC2(c3ccc(Cl)cc3)CC2)cc1. The molecule has 1 saturated carbocycles. The van der Waals surface area contributed by atoms with Crippen LogP contribution >= 0.6 is 11.6 Å². The Morgan fingerprint density at radius 1 is 1.05 bits per heavy atom. The normalized spacial score (nSPS) is 16.5. The van der Waals surface area contributed by atoms with Gasteiger partial charge in [0.1, 0.15) is 0 Å². The molecule has 1 N–H and O–H groups in total. The smallest absolute Gasteiger partial charge is 0.210 e. The van der Waals surface area contributed by atoms with Gasteiger partial charge in [-0.3, -0.25) is 0 Å². The summed E-state index contributed by atoms with van der Waals surface area (Å²) in [6, 6.07) is 14.6. The maximum absolute atomic E-state index is 12.4. The van der Waals surface area contributed by atoms with Gasteiger partial charge in [0.05, 0.1) is 4.90 Å². The third-order valence-electron chi connectivity index (χ3n) is 4.24. The lowest BCUT2D eigenvalue weighted by Crippen LogP contribution is -2.32. The Kier molecular flexibility index (Phi) is 4.02. The highest BCUT2D eigenvalue weighted by Crippen LogP contribution is 2.48.